The maximum Gasteiger partial charge on any atom is 0.241 e. The summed E-state index contributed by atoms with van der Waals surface area (Å²) < 4.78 is 5.62. The average molecular weight is 435 g/mol. The fraction of sp³-hybridized carbons (Fsp3) is 0.316. The first-order chi connectivity index (χ1) is 12.0. The molecule has 0 saturated heterocycles. The van der Waals surface area contributed by atoms with E-state index in [9.17, 15) is 4.79 Å². The zero-order valence-corrected chi connectivity index (χ0v) is 17.7. The second-order valence-electron chi connectivity index (χ2n) is 6.08. The summed E-state index contributed by atoms with van der Waals surface area (Å²) in [7, 11) is 3.95. The predicted molar refractivity (Wildman–Crippen MR) is 117 cm³/mol. The molecule has 2 rings (SSSR count). The van der Waals surface area contributed by atoms with Gasteiger partial charge in [0, 0.05) is 12.2 Å². The van der Waals surface area contributed by atoms with E-state index in [4.69, 9.17) is 22.1 Å². The van der Waals surface area contributed by atoms with Gasteiger partial charge in [0.25, 0.3) is 0 Å². The number of carbonyl (C=O) groups is 1. The second-order valence-corrected chi connectivity index (χ2v) is 6.49. The van der Waals surface area contributed by atoms with Crippen LogP contribution in [0.25, 0.3) is 0 Å². The smallest absolute Gasteiger partial charge is 0.241 e. The molecule has 0 aliphatic carbocycles. The van der Waals surface area contributed by atoms with Crippen molar-refractivity contribution in [2.75, 3.05) is 32.6 Å². The molecule has 0 bridgehead atoms. The highest BCUT2D eigenvalue weighted by Crippen LogP contribution is 2.27. The Morgan fingerprint density at radius 3 is 2.44 bits per heavy atom. The van der Waals surface area contributed by atoms with Crippen molar-refractivity contribution in [2.24, 2.45) is 5.73 Å². The van der Waals surface area contributed by atoms with E-state index in [1.807, 2.05) is 49.3 Å². The Morgan fingerprint density at radius 2 is 1.85 bits per heavy atom. The van der Waals surface area contributed by atoms with Gasteiger partial charge in [-0.2, -0.15) is 0 Å². The lowest BCUT2D eigenvalue weighted by Gasteiger charge is -2.14. The number of nitrogens with two attached hydrogens (primary N) is 1. The minimum atomic E-state index is -0.628. The molecule has 8 heteroatoms. The Morgan fingerprint density at radius 1 is 1.19 bits per heavy atom. The van der Waals surface area contributed by atoms with Crippen molar-refractivity contribution in [3.8, 4) is 5.75 Å². The summed E-state index contributed by atoms with van der Waals surface area (Å²) in [6.07, 6.45) is 0.478. The van der Waals surface area contributed by atoms with Gasteiger partial charge in [-0.05, 0) is 44.3 Å². The van der Waals surface area contributed by atoms with Crippen LogP contribution in [-0.4, -0.2) is 44.1 Å². The largest absolute Gasteiger partial charge is 0.491 e. The molecule has 0 aliphatic rings. The number of amides is 1. The molecular formula is C19H26Cl3N3O2. The van der Waals surface area contributed by atoms with E-state index in [0.29, 0.717) is 29.5 Å². The van der Waals surface area contributed by atoms with Crippen molar-refractivity contribution < 1.29 is 9.53 Å². The number of benzene rings is 2. The Balaban J connectivity index is 0.00000338. The molecule has 27 heavy (non-hydrogen) atoms. The summed E-state index contributed by atoms with van der Waals surface area (Å²) in [4.78, 5) is 14.3. The topological polar surface area (TPSA) is 67.6 Å². The quantitative estimate of drug-likeness (QED) is 0.666. The number of carbonyl (C=O) groups excluding carboxylic acids is 1. The van der Waals surface area contributed by atoms with Gasteiger partial charge < -0.3 is 20.7 Å². The van der Waals surface area contributed by atoms with Crippen LogP contribution in [0.15, 0.2) is 48.5 Å². The van der Waals surface area contributed by atoms with E-state index in [-0.39, 0.29) is 30.7 Å². The minimum absolute atomic E-state index is 0. The average Bonchev–Trinajstić information content (AvgIpc) is 2.57. The van der Waals surface area contributed by atoms with Gasteiger partial charge in [-0.25, -0.2) is 0 Å². The molecule has 0 radical (unpaired) electrons. The highest BCUT2D eigenvalue weighted by atomic mass is 35.5. The highest BCUT2D eigenvalue weighted by Gasteiger charge is 2.15. The lowest BCUT2D eigenvalue weighted by Crippen LogP contribution is -2.37. The highest BCUT2D eigenvalue weighted by molar-refractivity contribution is 6.32. The summed E-state index contributed by atoms with van der Waals surface area (Å²) >= 11 is 6.22. The third kappa shape index (κ3) is 8.82. The third-order valence-electron chi connectivity index (χ3n) is 3.63. The fourth-order valence-electron chi connectivity index (χ4n) is 2.23. The molecule has 0 spiro atoms. The van der Waals surface area contributed by atoms with E-state index in [1.165, 1.54) is 0 Å². The summed E-state index contributed by atoms with van der Waals surface area (Å²) in [5.74, 6) is 0.344. The normalized spacial score (nSPS) is 11.1. The van der Waals surface area contributed by atoms with Crippen LogP contribution in [0.3, 0.4) is 0 Å². The van der Waals surface area contributed by atoms with Gasteiger partial charge in [0.05, 0.1) is 11.1 Å². The molecule has 3 N–H and O–H groups in total. The van der Waals surface area contributed by atoms with Gasteiger partial charge in [-0.1, -0.05) is 41.9 Å². The molecular weight excluding hydrogens is 409 g/mol. The Labute approximate surface area is 178 Å². The number of hydrogen-bond donors (Lipinski definition) is 2. The SMILES string of the molecule is CN(C)CCOc1ccc(NC(=O)C(N)Cc2ccccc2)cc1Cl.Cl.Cl. The summed E-state index contributed by atoms with van der Waals surface area (Å²) in [5.41, 5.74) is 7.60. The van der Waals surface area contributed by atoms with Gasteiger partial charge in [0.2, 0.25) is 5.91 Å². The third-order valence-corrected chi connectivity index (χ3v) is 3.93. The standard InChI is InChI=1S/C19H24ClN3O2.2ClH/c1-23(2)10-11-25-18-9-8-15(13-16(18)20)22-19(24)17(21)12-14-6-4-3-5-7-14;;/h3-9,13,17H,10-12,21H2,1-2H3,(H,22,24);2*1H. The zero-order valence-electron chi connectivity index (χ0n) is 15.4. The van der Waals surface area contributed by atoms with Crippen molar-refractivity contribution in [1.82, 2.24) is 4.90 Å². The van der Waals surface area contributed by atoms with E-state index in [0.717, 1.165) is 12.1 Å². The van der Waals surface area contributed by atoms with Crippen LogP contribution in [0, 0.1) is 0 Å². The van der Waals surface area contributed by atoms with Gasteiger partial charge in [-0.15, -0.1) is 24.8 Å². The van der Waals surface area contributed by atoms with Crippen LogP contribution < -0.4 is 15.8 Å². The van der Waals surface area contributed by atoms with Crippen LogP contribution in [0.5, 0.6) is 5.75 Å². The van der Waals surface area contributed by atoms with Crippen molar-refractivity contribution in [3.05, 3.63) is 59.1 Å². The molecule has 2 aromatic rings. The van der Waals surface area contributed by atoms with E-state index < -0.39 is 6.04 Å². The minimum Gasteiger partial charge on any atom is -0.491 e. The fourth-order valence-corrected chi connectivity index (χ4v) is 2.46. The summed E-state index contributed by atoms with van der Waals surface area (Å²) in [5, 5.41) is 3.24. The summed E-state index contributed by atoms with van der Waals surface area (Å²) in [6, 6.07) is 14.2. The molecule has 0 fully saturated rings. The lowest BCUT2D eigenvalue weighted by molar-refractivity contribution is -0.117. The first-order valence-corrected chi connectivity index (χ1v) is 8.51. The Bertz CT molecular complexity index is 700. The van der Waals surface area contributed by atoms with Crippen LogP contribution >= 0.6 is 36.4 Å². The number of nitrogens with one attached hydrogen (secondary N) is 1. The first kappa shape index (κ1) is 25.5. The molecule has 0 aliphatic heterocycles. The lowest BCUT2D eigenvalue weighted by atomic mass is 10.1. The number of anilines is 1. The van der Waals surface area contributed by atoms with Crippen molar-refractivity contribution in [1.29, 1.82) is 0 Å². The molecule has 1 unspecified atom stereocenters. The maximum atomic E-state index is 12.2. The number of hydrogen-bond acceptors (Lipinski definition) is 4. The molecule has 0 saturated carbocycles. The van der Waals surface area contributed by atoms with Gasteiger partial charge in [-0.3, -0.25) is 4.79 Å². The van der Waals surface area contributed by atoms with Crippen molar-refractivity contribution >= 4 is 48.0 Å². The first-order valence-electron chi connectivity index (χ1n) is 8.13. The van der Waals surface area contributed by atoms with Gasteiger partial charge in [0.15, 0.2) is 0 Å². The number of nitrogens with zero attached hydrogens (tertiary/aromatic N) is 1. The second kappa shape index (κ2) is 12.8. The summed E-state index contributed by atoms with van der Waals surface area (Å²) in [6.45, 7) is 1.34. The Kier molecular flexibility index (Phi) is 12.1. The molecule has 2 aromatic carbocycles. The van der Waals surface area contributed by atoms with Gasteiger partial charge in [0.1, 0.15) is 12.4 Å². The number of ether oxygens (including phenoxy) is 1. The van der Waals surface area contributed by atoms with E-state index in [2.05, 4.69) is 5.32 Å². The number of likely N-dealkylation sites (N-methyl/N-ethyl adjacent to an activating group) is 1. The molecule has 1 amide bonds. The van der Waals surface area contributed by atoms with Crippen LogP contribution in [0.4, 0.5) is 5.69 Å². The molecule has 5 nitrogen and oxygen atoms in total. The van der Waals surface area contributed by atoms with Crippen LogP contribution in [0.1, 0.15) is 5.56 Å². The molecule has 150 valence electrons. The molecule has 0 heterocycles. The Hall–Kier alpha value is -1.50. The number of rotatable bonds is 8. The molecule has 0 aromatic heterocycles. The van der Waals surface area contributed by atoms with Crippen molar-refractivity contribution in [2.45, 2.75) is 12.5 Å². The van der Waals surface area contributed by atoms with Gasteiger partial charge >= 0.3 is 0 Å². The maximum absolute atomic E-state index is 12.2. The monoisotopic (exact) mass is 433 g/mol. The van der Waals surface area contributed by atoms with Crippen LogP contribution in [0.2, 0.25) is 5.02 Å². The molecule has 1 atom stereocenters. The van der Waals surface area contributed by atoms with E-state index >= 15 is 0 Å². The van der Waals surface area contributed by atoms with Crippen molar-refractivity contribution in [3.63, 3.8) is 0 Å². The zero-order chi connectivity index (χ0) is 18.2. The van der Waals surface area contributed by atoms with E-state index in [1.54, 1.807) is 18.2 Å². The number of halogens is 3. The predicted octanol–water partition coefficient (Wildman–Crippen LogP) is 3.63. The van der Waals surface area contributed by atoms with Crippen LogP contribution in [-0.2, 0) is 11.2 Å².